The normalized spacial score (nSPS) is 16.6. The quantitative estimate of drug-likeness (QED) is 0.567. The van der Waals surface area contributed by atoms with E-state index in [1.54, 1.807) is 6.07 Å². The van der Waals surface area contributed by atoms with Crippen LogP contribution in [0.4, 0.5) is 5.69 Å². The summed E-state index contributed by atoms with van der Waals surface area (Å²) in [4.78, 5) is 14.4. The van der Waals surface area contributed by atoms with Gasteiger partial charge in [-0.2, -0.15) is 0 Å². The first-order chi connectivity index (χ1) is 13.5. The predicted octanol–water partition coefficient (Wildman–Crippen LogP) is 4.62. The smallest absolute Gasteiger partial charge is 0.337 e. The zero-order valence-electron chi connectivity index (χ0n) is 15.9. The summed E-state index contributed by atoms with van der Waals surface area (Å²) in [5.74, 6) is 0.349. The minimum absolute atomic E-state index is 0.423. The van der Waals surface area contributed by atoms with E-state index in [4.69, 9.17) is 33.3 Å². The molecule has 2 aromatic rings. The second-order valence-electron chi connectivity index (χ2n) is 6.19. The van der Waals surface area contributed by atoms with Gasteiger partial charge in [-0.3, -0.25) is 4.90 Å². The van der Waals surface area contributed by atoms with Crippen LogP contribution >= 0.6 is 23.8 Å². The molecule has 0 spiro atoms. The van der Waals surface area contributed by atoms with Crippen molar-refractivity contribution in [2.45, 2.75) is 19.9 Å². The number of nitrogens with zero attached hydrogens (tertiary/aromatic N) is 1. The zero-order chi connectivity index (χ0) is 20.3. The Morgan fingerprint density at radius 2 is 1.96 bits per heavy atom. The molecule has 1 aliphatic heterocycles. The van der Waals surface area contributed by atoms with Gasteiger partial charge in [0.1, 0.15) is 5.75 Å². The number of thiocarbonyl (C=S) groups is 1. The summed E-state index contributed by atoms with van der Waals surface area (Å²) in [6, 6.07) is 14.4. The number of nitrogens with one attached hydrogen (secondary N) is 1. The Kier molecular flexibility index (Phi) is 6.21. The Bertz CT molecular complexity index is 928. The molecule has 0 amide bonds. The van der Waals surface area contributed by atoms with E-state index in [2.05, 4.69) is 5.32 Å². The topological polar surface area (TPSA) is 50.8 Å². The van der Waals surface area contributed by atoms with Gasteiger partial charge in [0.05, 0.1) is 25.3 Å². The SMILES string of the molecule is CCOc1ccc(N2C(=S)N[C@H](c3cccc(Cl)c3)C(C(=O)OC)=C2C)cc1. The van der Waals surface area contributed by atoms with E-state index in [9.17, 15) is 4.79 Å². The first-order valence-electron chi connectivity index (χ1n) is 8.84. The summed E-state index contributed by atoms with van der Waals surface area (Å²) < 4.78 is 10.6. The fourth-order valence-electron chi connectivity index (χ4n) is 3.22. The van der Waals surface area contributed by atoms with Crippen LogP contribution in [0, 0.1) is 0 Å². The molecule has 5 nitrogen and oxygen atoms in total. The molecule has 0 aliphatic carbocycles. The molecule has 0 aromatic heterocycles. The van der Waals surface area contributed by atoms with E-state index < -0.39 is 12.0 Å². The Morgan fingerprint density at radius 1 is 1.25 bits per heavy atom. The number of halogens is 1. The Morgan fingerprint density at radius 3 is 2.57 bits per heavy atom. The van der Waals surface area contributed by atoms with Crippen molar-refractivity contribution in [2.75, 3.05) is 18.6 Å². The summed E-state index contributed by atoms with van der Waals surface area (Å²) in [5.41, 5.74) is 2.84. The second-order valence-corrected chi connectivity index (χ2v) is 7.01. The number of hydrogen-bond acceptors (Lipinski definition) is 4. The van der Waals surface area contributed by atoms with Crippen LogP contribution in [0.15, 0.2) is 59.8 Å². The molecule has 0 unspecified atom stereocenters. The van der Waals surface area contributed by atoms with Gasteiger partial charge in [0.15, 0.2) is 5.11 Å². The summed E-state index contributed by atoms with van der Waals surface area (Å²) in [7, 11) is 1.37. The molecule has 1 atom stereocenters. The molecule has 1 aliphatic rings. The summed E-state index contributed by atoms with van der Waals surface area (Å²) in [6.45, 7) is 4.38. The van der Waals surface area contributed by atoms with Crippen LogP contribution in [0.1, 0.15) is 25.5 Å². The van der Waals surface area contributed by atoms with Crippen molar-refractivity contribution in [2.24, 2.45) is 0 Å². The van der Waals surface area contributed by atoms with Gasteiger partial charge in [0, 0.05) is 16.4 Å². The van der Waals surface area contributed by atoms with Gasteiger partial charge in [0.25, 0.3) is 0 Å². The second kappa shape index (κ2) is 8.63. The molecule has 2 aromatic carbocycles. The van der Waals surface area contributed by atoms with E-state index in [1.165, 1.54) is 7.11 Å². The van der Waals surface area contributed by atoms with Crippen molar-refractivity contribution in [3.63, 3.8) is 0 Å². The molecule has 0 saturated carbocycles. The molecule has 0 radical (unpaired) electrons. The lowest BCUT2D eigenvalue weighted by Crippen LogP contribution is -2.48. The molecule has 1 heterocycles. The van der Waals surface area contributed by atoms with Crippen LogP contribution in [0.2, 0.25) is 5.02 Å². The van der Waals surface area contributed by atoms with E-state index in [0.29, 0.717) is 28.0 Å². The minimum atomic E-state index is -0.447. The lowest BCUT2D eigenvalue weighted by molar-refractivity contribution is -0.136. The minimum Gasteiger partial charge on any atom is -0.494 e. The van der Waals surface area contributed by atoms with Crippen molar-refractivity contribution >= 4 is 40.6 Å². The van der Waals surface area contributed by atoms with E-state index >= 15 is 0 Å². The first kappa shape index (κ1) is 20.2. The van der Waals surface area contributed by atoms with Gasteiger partial charge in [0.2, 0.25) is 0 Å². The third-order valence-electron chi connectivity index (χ3n) is 4.48. The largest absolute Gasteiger partial charge is 0.494 e. The van der Waals surface area contributed by atoms with Gasteiger partial charge in [-0.1, -0.05) is 23.7 Å². The summed E-state index contributed by atoms with van der Waals surface area (Å²) >= 11 is 11.8. The monoisotopic (exact) mass is 416 g/mol. The average molecular weight is 417 g/mol. The molecule has 7 heteroatoms. The summed E-state index contributed by atoms with van der Waals surface area (Å²) in [6.07, 6.45) is 0. The van der Waals surface area contributed by atoms with Gasteiger partial charge >= 0.3 is 5.97 Å². The number of ether oxygens (including phenoxy) is 2. The van der Waals surface area contributed by atoms with Crippen LogP contribution in [-0.4, -0.2) is 24.8 Å². The van der Waals surface area contributed by atoms with Crippen molar-refractivity contribution in [3.8, 4) is 5.75 Å². The highest BCUT2D eigenvalue weighted by Gasteiger charge is 2.35. The third kappa shape index (κ3) is 3.98. The number of carbonyl (C=O) groups is 1. The zero-order valence-corrected chi connectivity index (χ0v) is 17.4. The number of benzene rings is 2. The van der Waals surface area contributed by atoms with Gasteiger partial charge in [-0.15, -0.1) is 0 Å². The number of rotatable bonds is 5. The van der Waals surface area contributed by atoms with Gasteiger partial charge in [-0.05, 0) is 68.0 Å². The lowest BCUT2D eigenvalue weighted by Gasteiger charge is -2.37. The van der Waals surface area contributed by atoms with Crippen molar-refractivity contribution < 1.29 is 14.3 Å². The molecular formula is C21H21ClN2O3S. The number of methoxy groups -OCH3 is 1. The van der Waals surface area contributed by atoms with Crippen LogP contribution in [-0.2, 0) is 9.53 Å². The molecule has 146 valence electrons. The Hall–Kier alpha value is -2.57. The first-order valence-corrected chi connectivity index (χ1v) is 9.63. The molecule has 0 saturated heterocycles. The highest BCUT2D eigenvalue weighted by Crippen LogP contribution is 2.35. The number of allylic oxidation sites excluding steroid dienone is 1. The number of carbonyl (C=O) groups excluding carboxylic acids is 1. The van der Waals surface area contributed by atoms with Crippen molar-refractivity contribution in [3.05, 3.63) is 70.4 Å². The maximum atomic E-state index is 12.6. The number of hydrogen-bond donors (Lipinski definition) is 1. The van der Waals surface area contributed by atoms with Gasteiger partial charge < -0.3 is 14.8 Å². The van der Waals surface area contributed by atoms with Crippen molar-refractivity contribution in [1.29, 1.82) is 0 Å². The molecule has 0 bridgehead atoms. The van der Waals surface area contributed by atoms with E-state index in [-0.39, 0.29) is 0 Å². The van der Waals surface area contributed by atoms with E-state index in [0.717, 1.165) is 17.0 Å². The fraction of sp³-hybridized carbons (Fsp3) is 0.238. The van der Waals surface area contributed by atoms with Crippen molar-refractivity contribution in [1.82, 2.24) is 5.32 Å². The highest BCUT2D eigenvalue weighted by atomic mass is 35.5. The standard InChI is InChI=1S/C21H21ClN2O3S/c1-4-27-17-10-8-16(9-11-17)24-13(2)18(20(25)26-3)19(23-21(24)28)14-6-5-7-15(22)12-14/h5-12,19H,4H2,1-3H3,(H,23,28)/t19-/m1/s1. The fourth-order valence-corrected chi connectivity index (χ4v) is 3.78. The molecule has 1 N–H and O–H groups in total. The highest BCUT2D eigenvalue weighted by molar-refractivity contribution is 7.80. The Balaban J connectivity index is 2.07. The van der Waals surface area contributed by atoms with Crippen LogP contribution < -0.4 is 15.0 Å². The maximum Gasteiger partial charge on any atom is 0.337 e. The lowest BCUT2D eigenvalue weighted by atomic mass is 9.95. The number of esters is 1. The maximum absolute atomic E-state index is 12.6. The third-order valence-corrected chi connectivity index (χ3v) is 5.01. The van der Waals surface area contributed by atoms with Crippen LogP contribution in [0.5, 0.6) is 5.75 Å². The molecular weight excluding hydrogens is 396 g/mol. The van der Waals surface area contributed by atoms with Crippen LogP contribution in [0.3, 0.4) is 0 Å². The Labute approximate surface area is 174 Å². The average Bonchev–Trinajstić information content (AvgIpc) is 2.68. The molecule has 28 heavy (non-hydrogen) atoms. The molecule has 3 rings (SSSR count). The molecule has 0 fully saturated rings. The number of anilines is 1. The predicted molar refractivity (Wildman–Crippen MR) is 115 cm³/mol. The summed E-state index contributed by atoms with van der Waals surface area (Å²) in [5, 5.41) is 4.32. The van der Waals surface area contributed by atoms with Crippen LogP contribution in [0.25, 0.3) is 0 Å². The van der Waals surface area contributed by atoms with Gasteiger partial charge in [-0.25, -0.2) is 4.79 Å². The van der Waals surface area contributed by atoms with E-state index in [1.807, 2.05) is 61.2 Å².